The molecule has 1 aromatic carbocycles. The van der Waals surface area contributed by atoms with Crippen LogP contribution in [0.15, 0.2) is 55.1 Å². The zero-order valence-corrected chi connectivity index (χ0v) is 15.4. The van der Waals surface area contributed by atoms with E-state index in [-0.39, 0.29) is 12.1 Å². The third kappa shape index (κ3) is 3.95. The number of aryl methyl sites for hydroxylation is 1. The van der Waals surface area contributed by atoms with E-state index in [4.69, 9.17) is 4.74 Å². The minimum absolute atomic E-state index is 0.0860. The van der Waals surface area contributed by atoms with Crippen molar-refractivity contribution in [3.8, 4) is 11.4 Å². The molecule has 3 aromatic rings. The van der Waals surface area contributed by atoms with Gasteiger partial charge in [-0.25, -0.2) is 13.9 Å². The number of benzene rings is 1. The van der Waals surface area contributed by atoms with Gasteiger partial charge in [0, 0.05) is 31.0 Å². The number of hydrogen-bond acceptors (Lipinski definition) is 4. The Morgan fingerprint density at radius 3 is 2.93 bits per heavy atom. The van der Waals surface area contributed by atoms with Crippen LogP contribution in [-0.2, 0) is 0 Å². The highest BCUT2D eigenvalue weighted by Gasteiger charge is 2.27. The van der Waals surface area contributed by atoms with Crippen LogP contribution in [0, 0.1) is 12.7 Å². The minimum atomic E-state index is -0.458. The summed E-state index contributed by atoms with van der Waals surface area (Å²) in [5, 5.41) is 6.85. The lowest BCUT2D eigenvalue weighted by Crippen LogP contribution is -2.34. The lowest BCUT2D eigenvalue weighted by Gasteiger charge is -2.18. The summed E-state index contributed by atoms with van der Waals surface area (Å²) in [6, 6.07) is 7.91. The zero-order chi connectivity index (χ0) is 19.5. The predicted molar refractivity (Wildman–Crippen MR) is 102 cm³/mol. The Kier molecular flexibility index (Phi) is 4.92. The van der Waals surface area contributed by atoms with Crippen LogP contribution in [0.3, 0.4) is 0 Å². The number of rotatable bonds is 4. The molecule has 2 aromatic heterocycles. The van der Waals surface area contributed by atoms with Crippen LogP contribution in [0.2, 0.25) is 0 Å². The number of likely N-dealkylation sites (tertiary alicyclic amines) is 1. The quantitative estimate of drug-likeness (QED) is 0.752. The minimum Gasteiger partial charge on any atom is -0.487 e. The molecular weight excluding hydrogens is 361 g/mol. The molecule has 1 aliphatic rings. The average molecular weight is 381 g/mol. The highest BCUT2D eigenvalue weighted by atomic mass is 19.1. The molecule has 1 aliphatic heterocycles. The van der Waals surface area contributed by atoms with Crippen molar-refractivity contribution in [2.24, 2.45) is 0 Å². The van der Waals surface area contributed by atoms with E-state index in [2.05, 4.69) is 15.4 Å². The number of hydrogen-bond donors (Lipinski definition) is 1. The summed E-state index contributed by atoms with van der Waals surface area (Å²) in [7, 11) is 0. The number of nitrogens with one attached hydrogen (secondary N) is 1. The van der Waals surface area contributed by atoms with Gasteiger partial charge in [0.2, 0.25) is 0 Å². The molecule has 7 nitrogen and oxygen atoms in total. The number of nitrogens with zero attached hydrogens (tertiary/aromatic N) is 4. The number of ether oxygens (including phenoxy) is 1. The normalized spacial score (nSPS) is 16.2. The second-order valence-electron chi connectivity index (χ2n) is 6.72. The molecule has 4 rings (SSSR count). The van der Waals surface area contributed by atoms with Crippen molar-refractivity contribution >= 4 is 11.7 Å². The first-order valence-electron chi connectivity index (χ1n) is 9.02. The second kappa shape index (κ2) is 7.67. The number of urea groups is 1. The molecule has 0 radical (unpaired) electrons. The monoisotopic (exact) mass is 381 g/mol. The molecule has 1 atom stereocenters. The maximum absolute atomic E-state index is 14.4. The van der Waals surface area contributed by atoms with Gasteiger partial charge in [0.1, 0.15) is 17.5 Å². The largest absolute Gasteiger partial charge is 0.487 e. The third-order valence-corrected chi connectivity index (χ3v) is 4.53. The first-order chi connectivity index (χ1) is 13.6. The summed E-state index contributed by atoms with van der Waals surface area (Å²) in [5.74, 6) is 0.224. The fraction of sp³-hybridized carbons (Fsp3) is 0.250. The maximum Gasteiger partial charge on any atom is 0.321 e. The van der Waals surface area contributed by atoms with Crippen molar-refractivity contribution in [1.29, 1.82) is 0 Å². The first kappa shape index (κ1) is 18.0. The number of amides is 2. The molecule has 2 amide bonds. The van der Waals surface area contributed by atoms with E-state index in [1.165, 1.54) is 10.7 Å². The predicted octanol–water partition coefficient (Wildman–Crippen LogP) is 3.40. The van der Waals surface area contributed by atoms with Crippen LogP contribution in [0.5, 0.6) is 5.75 Å². The highest BCUT2D eigenvalue weighted by Crippen LogP contribution is 2.21. The molecule has 0 bridgehead atoms. The van der Waals surface area contributed by atoms with Crippen LogP contribution < -0.4 is 10.1 Å². The van der Waals surface area contributed by atoms with Crippen molar-refractivity contribution in [2.75, 3.05) is 18.4 Å². The van der Waals surface area contributed by atoms with Crippen molar-refractivity contribution in [3.05, 3.63) is 66.5 Å². The molecular formula is C20H20FN5O2. The van der Waals surface area contributed by atoms with Crippen LogP contribution in [0.25, 0.3) is 5.69 Å². The van der Waals surface area contributed by atoms with Gasteiger partial charge in [0.05, 0.1) is 18.9 Å². The summed E-state index contributed by atoms with van der Waals surface area (Å²) >= 11 is 0. The average Bonchev–Trinajstić information content (AvgIpc) is 3.32. The molecule has 144 valence electrons. The van der Waals surface area contributed by atoms with Gasteiger partial charge in [-0.3, -0.25) is 4.98 Å². The maximum atomic E-state index is 14.4. The standard InChI is InChI=1S/C20H20FN5O2/c1-14-10-23-26(12-14)19-5-4-15(9-18(19)21)24-20(27)25-8-6-17(13-25)28-16-3-2-7-22-11-16/h2-5,7,9-12,17H,6,8,13H2,1H3,(H,24,27). The Bertz CT molecular complexity index is 976. The molecule has 1 N–H and O–H groups in total. The van der Waals surface area contributed by atoms with Gasteiger partial charge in [0.15, 0.2) is 5.82 Å². The SMILES string of the molecule is Cc1cnn(-c2ccc(NC(=O)N3CCC(Oc4cccnc4)C3)cc2F)c1. The van der Waals surface area contributed by atoms with E-state index < -0.39 is 5.82 Å². The van der Waals surface area contributed by atoms with Gasteiger partial charge in [0.25, 0.3) is 0 Å². The van der Waals surface area contributed by atoms with Crippen molar-refractivity contribution in [3.63, 3.8) is 0 Å². The summed E-state index contributed by atoms with van der Waals surface area (Å²) in [6.07, 6.45) is 7.37. The van der Waals surface area contributed by atoms with E-state index in [0.717, 1.165) is 12.0 Å². The third-order valence-electron chi connectivity index (χ3n) is 4.53. The molecule has 0 saturated carbocycles. The number of carbonyl (C=O) groups excluding carboxylic acids is 1. The Balaban J connectivity index is 1.37. The first-order valence-corrected chi connectivity index (χ1v) is 9.02. The lowest BCUT2D eigenvalue weighted by atomic mass is 10.2. The highest BCUT2D eigenvalue weighted by molar-refractivity contribution is 5.89. The smallest absolute Gasteiger partial charge is 0.321 e. The second-order valence-corrected chi connectivity index (χ2v) is 6.72. The fourth-order valence-electron chi connectivity index (χ4n) is 3.14. The van der Waals surface area contributed by atoms with Gasteiger partial charge in [-0.2, -0.15) is 5.10 Å². The molecule has 1 fully saturated rings. The van der Waals surface area contributed by atoms with Crippen LogP contribution in [-0.4, -0.2) is 44.9 Å². The van der Waals surface area contributed by atoms with Gasteiger partial charge in [-0.15, -0.1) is 0 Å². The molecule has 1 unspecified atom stereocenters. The molecule has 3 heterocycles. The zero-order valence-electron chi connectivity index (χ0n) is 15.4. The molecule has 28 heavy (non-hydrogen) atoms. The number of anilines is 1. The van der Waals surface area contributed by atoms with Crippen LogP contribution in [0.1, 0.15) is 12.0 Å². The van der Waals surface area contributed by atoms with Crippen molar-refractivity contribution in [1.82, 2.24) is 19.7 Å². The number of pyridine rings is 1. The van der Waals surface area contributed by atoms with Crippen molar-refractivity contribution < 1.29 is 13.9 Å². The van der Waals surface area contributed by atoms with E-state index >= 15 is 0 Å². The van der Waals surface area contributed by atoms with Crippen LogP contribution >= 0.6 is 0 Å². The van der Waals surface area contributed by atoms with E-state index in [1.807, 2.05) is 13.0 Å². The molecule has 1 saturated heterocycles. The summed E-state index contributed by atoms with van der Waals surface area (Å²) < 4.78 is 21.7. The summed E-state index contributed by atoms with van der Waals surface area (Å²) in [4.78, 5) is 18.2. The number of carbonyl (C=O) groups is 1. The van der Waals surface area contributed by atoms with E-state index in [0.29, 0.717) is 30.2 Å². The Morgan fingerprint density at radius 1 is 1.32 bits per heavy atom. The lowest BCUT2D eigenvalue weighted by molar-refractivity contribution is 0.194. The Hall–Kier alpha value is -3.42. The number of halogens is 1. The van der Waals surface area contributed by atoms with Gasteiger partial charge < -0.3 is 15.0 Å². The van der Waals surface area contributed by atoms with Gasteiger partial charge >= 0.3 is 6.03 Å². The van der Waals surface area contributed by atoms with E-state index in [9.17, 15) is 9.18 Å². The molecule has 0 aliphatic carbocycles. The Morgan fingerprint density at radius 2 is 2.21 bits per heavy atom. The summed E-state index contributed by atoms with van der Waals surface area (Å²) in [5.41, 5.74) is 1.66. The van der Waals surface area contributed by atoms with Crippen molar-refractivity contribution in [2.45, 2.75) is 19.4 Å². The topological polar surface area (TPSA) is 72.3 Å². The molecule has 0 spiro atoms. The van der Waals surface area contributed by atoms with Crippen LogP contribution in [0.4, 0.5) is 14.9 Å². The summed E-state index contributed by atoms with van der Waals surface area (Å²) in [6.45, 7) is 2.93. The fourth-order valence-corrected chi connectivity index (χ4v) is 3.14. The Labute approximate surface area is 161 Å². The number of aromatic nitrogens is 3. The van der Waals surface area contributed by atoms with Gasteiger partial charge in [-0.05, 0) is 42.8 Å². The van der Waals surface area contributed by atoms with E-state index in [1.54, 1.807) is 47.9 Å². The molecule has 8 heteroatoms. The van der Waals surface area contributed by atoms with Gasteiger partial charge in [-0.1, -0.05) is 0 Å².